The maximum absolute atomic E-state index is 13.6. The summed E-state index contributed by atoms with van der Waals surface area (Å²) < 4.78 is 28.7. The van der Waals surface area contributed by atoms with Gasteiger partial charge in [0.1, 0.15) is 5.75 Å². The second-order valence-electron chi connectivity index (χ2n) is 5.22. The van der Waals surface area contributed by atoms with E-state index in [1.165, 1.54) is 38.3 Å². The first-order valence-electron chi connectivity index (χ1n) is 7.47. The fourth-order valence-corrected chi connectivity index (χ4v) is 2.44. The van der Waals surface area contributed by atoms with E-state index in [1.54, 1.807) is 6.07 Å². The summed E-state index contributed by atoms with van der Waals surface area (Å²) in [5.74, 6) is -1.74. The second-order valence-corrected chi connectivity index (χ2v) is 6.06. The summed E-state index contributed by atoms with van der Waals surface area (Å²) in [4.78, 5) is 24.0. The molecule has 0 aromatic heterocycles. The highest BCUT2D eigenvalue weighted by Gasteiger charge is 2.20. The summed E-state index contributed by atoms with van der Waals surface area (Å²) in [7, 11) is 1.32. The van der Waals surface area contributed by atoms with Gasteiger partial charge in [0.05, 0.1) is 12.1 Å². The number of Topliss-reactive ketones (excluding diaryl/α,β-unsaturated/α-hetero) is 1. The zero-order chi connectivity index (χ0) is 19.3. The number of carbonyl (C=O) groups excluding carboxylic acids is 2. The minimum Gasteiger partial charge on any atom is -0.494 e. The molecule has 0 aliphatic rings. The Balaban J connectivity index is 1.92. The molecule has 0 amide bonds. The number of hydrogen-bond donors (Lipinski definition) is 0. The highest BCUT2D eigenvalue weighted by Crippen LogP contribution is 2.28. The highest BCUT2D eigenvalue weighted by molar-refractivity contribution is 6.35. The molecule has 0 aliphatic carbocycles. The van der Waals surface area contributed by atoms with Crippen LogP contribution in [0.2, 0.25) is 10.0 Å². The smallest absolute Gasteiger partial charge is 0.347 e. The molecule has 0 heterocycles. The van der Waals surface area contributed by atoms with Crippen LogP contribution in [0.25, 0.3) is 0 Å². The van der Waals surface area contributed by atoms with Crippen LogP contribution in [0.15, 0.2) is 36.4 Å². The van der Waals surface area contributed by atoms with Crippen molar-refractivity contribution in [2.24, 2.45) is 0 Å². The van der Waals surface area contributed by atoms with Crippen molar-refractivity contribution >= 4 is 35.0 Å². The van der Waals surface area contributed by atoms with Crippen molar-refractivity contribution in [3.05, 3.63) is 57.8 Å². The fraction of sp³-hybridized carbons (Fsp3) is 0.222. The van der Waals surface area contributed by atoms with Crippen LogP contribution in [-0.2, 0) is 9.53 Å². The maximum atomic E-state index is 13.6. The van der Waals surface area contributed by atoms with Crippen molar-refractivity contribution in [2.45, 2.75) is 13.0 Å². The van der Waals surface area contributed by atoms with Crippen molar-refractivity contribution < 1.29 is 28.2 Å². The summed E-state index contributed by atoms with van der Waals surface area (Å²) in [6, 6.07) is 8.26. The van der Waals surface area contributed by atoms with Gasteiger partial charge in [0.25, 0.3) is 0 Å². The van der Waals surface area contributed by atoms with Gasteiger partial charge in [0.2, 0.25) is 0 Å². The summed E-state index contributed by atoms with van der Waals surface area (Å²) >= 11 is 11.7. The van der Waals surface area contributed by atoms with Gasteiger partial charge in [-0.2, -0.15) is 0 Å². The average molecular weight is 401 g/mol. The molecule has 0 saturated carbocycles. The lowest BCUT2D eigenvalue weighted by Crippen LogP contribution is -2.28. The summed E-state index contributed by atoms with van der Waals surface area (Å²) in [6.45, 7) is 0.900. The molecule has 2 rings (SSSR count). The van der Waals surface area contributed by atoms with Crippen LogP contribution >= 0.6 is 23.2 Å². The Kier molecular flexibility index (Phi) is 6.83. The lowest BCUT2D eigenvalue weighted by atomic mass is 10.1. The Morgan fingerprint density at radius 1 is 1.12 bits per heavy atom. The molecule has 0 N–H and O–H groups in total. The van der Waals surface area contributed by atoms with Crippen molar-refractivity contribution in [2.75, 3.05) is 13.7 Å². The SMILES string of the molecule is COc1ccc(C(=O)COC(=O)[C@@H](C)Oc2ccc(Cl)cc2Cl)cc1F. The molecule has 8 heteroatoms. The predicted molar refractivity (Wildman–Crippen MR) is 94.8 cm³/mol. The summed E-state index contributed by atoms with van der Waals surface area (Å²) in [5, 5.41) is 0.664. The van der Waals surface area contributed by atoms with Gasteiger partial charge in [-0.15, -0.1) is 0 Å². The number of hydrogen-bond acceptors (Lipinski definition) is 5. The molecule has 5 nitrogen and oxygen atoms in total. The Morgan fingerprint density at radius 2 is 1.81 bits per heavy atom. The van der Waals surface area contributed by atoms with Gasteiger partial charge in [-0.05, 0) is 43.3 Å². The number of esters is 1. The van der Waals surface area contributed by atoms with E-state index in [0.29, 0.717) is 5.02 Å². The number of carbonyl (C=O) groups is 2. The summed E-state index contributed by atoms with van der Waals surface area (Å²) in [5.41, 5.74) is 0.0606. The molecule has 2 aromatic carbocycles. The third kappa shape index (κ3) is 5.09. The fourth-order valence-electron chi connectivity index (χ4n) is 1.99. The van der Waals surface area contributed by atoms with Crippen LogP contribution in [0.3, 0.4) is 0 Å². The van der Waals surface area contributed by atoms with Crippen LogP contribution < -0.4 is 9.47 Å². The number of halogens is 3. The molecule has 2 aromatic rings. The van der Waals surface area contributed by atoms with Gasteiger partial charge in [-0.1, -0.05) is 23.2 Å². The van der Waals surface area contributed by atoms with Gasteiger partial charge < -0.3 is 14.2 Å². The second kappa shape index (κ2) is 8.87. The number of methoxy groups -OCH3 is 1. The molecule has 0 aliphatic heterocycles. The third-order valence-corrected chi connectivity index (χ3v) is 3.88. The largest absolute Gasteiger partial charge is 0.494 e. The molecular weight excluding hydrogens is 386 g/mol. The lowest BCUT2D eigenvalue weighted by molar-refractivity contribution is -0.149. The quantitative estimate of drug-likeness (QED) is 0.511. The van der Waals surface area contributed by atoms with E-state index < -0.39 is 30.3 Å². The Morgan fingerprint density at radius 3 is 2.42 bits per heavy atom. The minimum atomic E-state index is -1.01. The van der Waals surface area contributed by atoms with E-state index in [9.17, 15) is 14.0 Å². The zero-order valence-corrected chi connectivity index (χ0v) is 15.4. The first-order valence-corrected chi connectivity index (χ1v) is 8.22. The Labute approximate surface area is 159 Å². The first-order chi connectivity index (χ1) is 12.3. The van der Waals surface area contributed by atoms with Crippen LogP contribution in [0.4, 0.5) is 4.39 Å². The van der Waals surface area contributed by atoms with E-state index >= 15 is 0 Å². The van der Waals surface area contributed by atoms with Crippen molar-refractivity contribution in [1.29, 1.82) is 0 Å². The average Bonchev–Trinajstić information content (AvgIpc) is 2.61. The van der Waals surface area contributed by atoms with Crippen LogP contribution in [0.5, 0.6) is 11.5 Å². The zero-order valence-electron chi connectivity index (χ0n) is 13.9. The molecule has 0 radical (unpaired) electrons. The van der Waals surface area contributed by atoms with Crippen molar-refractivity contribution in [3.8, 4) is 11.5 Å². The molecule has 26 heavy (non-hydrogen) atoms. The van der Waals surface area contributed by atoms with Gasteiger partial charge in [-0.25, -0.2) is 9.18 Å². The third-order valence-electron chi connectivity index (χ3n) is 3.35. The molecule has 0 spiro atoms. The van der Waals surface area contributed by atoms with E-state index in [2.05, 4.69) is 0 Å². The summed E-state index contributed by atoms with van der Waals surface area (Å²) in [6.07, 6.45) is -1.01. The monoisotopic (exact) mass is 400 g/mol. The molecule has 0 unspecified atom stereocenters. The topological polar surface area (TPSA) is 61.8 Å². The standard InChI is InChI=1S/C18H15Cl2FO5/c1-10(26-16-6-4-12(19)8-13(16)20)18(23)25-9-15(22)11-3-5-17(24-2)14(21)7-11/h3-8,10H,9H2,1-2H3/t10-/m1/s1. The van der Waals surface area contributed by atoms with Crippen LogP contribution in [-0.4, -0.2) is 31.6 Å². The van der Waals surface area contributed by atoms with E-state index in [4.69, 9.17) is 37.4 Å². The van der Waals surface area contributed by atoms with Gasteiger partial charge in [0, 0.05) is 10.6 Å². The first kappa shape index (κ1) is 20.0. The molecule has 138 valence electrons. The highest BCUT2D eigenvalue weighted by atomic mass is 35.5. The van der Waals surface area contributed by atoms with E-state index in [-0.39, 0.29) is 22.1 Å². The van der Waals surface area contributed by atoms with Crippen LogP contribution in [0, 0.1) is 5.82 Å². The maximum Gasteiger partial charge on any atom is 0.347 e. The number of benzene rings is 2. The molecule has 1 atom stereocenters. The number of rotatable bonds is 7. The van der Waals surface area contributed by atoms with Crippen molar-refractivity contribution in [3.63, 3.8) is 0 Å². The van der Waals surface area contributed by atoms with Crippen LogP contribution in [0.1, 0.15) is 17.3 Å². The molecule has 0 bridgehead atoms. The van der Waals surface area contributed by atoms with E-state index in [0.717, 1.165) is 6.07 Å². The Bertz CT molecular complexity index is 825. The van der Waals surface area contributed by atoms with Crippen molar-refractivity contribution in [1.82, 2.24) is 0 Å². The molecular formula is C18H15Cl2FO5. The van der Waals surface area contributed by atoms with Gasteiger partial charge in [0.15, 0.2) is 30.1 Å². The van der Waals surface area contributed by atoms with Gasteiger partial charge in [-0.3, -0.25) is 4.79 Å². The lowest BCUT2D eigenvalue weighted by Gasteiger charge is -2.15. The number of ketones is 1. The molecule has 0 saturated heterocycles. The molecule has 0 fully saturated rings. The number of ether oxygens (including phenoxy) is 3. The minimum absolute atomic E-state index is 0.0143. The normalized spacial score (nSPS) is 11.6. The predicted octanol–water partition coefficient (Wildman–Crippen LogP) is 4.33. The van der Waals surface area contributed by atoms with E-state index in [1.807, 2.05) is 0 Å². The Hall–Kier alpha value is -2.31. The van der Waals surface area contributed by atoms with Gasteiger partial charge >= 0.3 is 5.97 Å².